The Labute approximate surface area is 183 Å². The Hall–Kier alpha value is -3.79. The Bertz CT molecular complexity index is 1280. The Balaban J connectivity index is 1.31. The second-order valence-corrected chi connectivity index (χ2v) is 7.90. The summed E-state index contributed by atoms with van der Waals surface area (Å²) in [5.41, 5.74) is 1.80. The average Bonchev–Trinajstić information content (AvgIpc) is 3.25. The maximum absolute atomic E-state index is 13.3. The SMILES string of the molecule is CNCc1cc(Oc2ccc3c(ccn3C(=O)Nc3cc(C4(CF)CC4)[nH]n3)c2)ncn1. The van der Waals surface area contributed by atoms with Crippen molar-refractivity contribution in [2.45, 2.75) is 24.8 Å². The quantitative estimate of drug-likeness (QED) is 0.408. The van der Waals surface area contributed by atoms with E-state index in [9.17, 15) is 9.18 Å². The van der Waals surface area contributed by atoms with Crippen molar-refractivity contribution in [1.82, 2.24) is 30.0 Å². The number of ether oxygens (including phenoxy) is 1. The molecule has 1 saturated carbocycles. The van der Waals surface area contributed by atoms with E-state index >= 15 is 0 Å². The number of carbonyl (C=O) groups is 1. The molecule has 0 atom stereocenters. The number of amides is 1. The molecule has 1 aliphatic rings. The van der Waals surface area contributed by atoms with E-state index in [4.69, 9.17) is 4.74 Å². The number of carbonyl (C=O) groups excluding carboxylic acids is 1. The number of nitrogens with zero attached hydrogens (tertiary/aromatic N) is 4. The first-order valence-corrected chi connectivity index (χ1v) is 10.3. The van der Waals surface area contributed by atoms with Crippen molar-refractivity contribution in [3.63, 3.8) is 0 Å². The fraction of sp³-hybridized carbons (Fsp3) is 0.273. The summed E-state index contributed by atoms with van der Waals surface area (Å²) in [4.78, 5) is 21.1. The van der Waals surface area contributed by atoms with Gasteiger partial charge in [-0.05, 0) is 44.2 Å². The summed E-state index contributed by atoms with van der Waals surface area (Å²) in [6.07, 6.45) is 4.71. The molecule has 0 bridgehead atoms. The van der Waals surface area contributed by atoms with Crippen LogP contribution in [0.25, 0.3) is 10.9 Å². The molecule has 3 aromatic heterocycles. The lowest BCUT2D eigenvalue weighted by molar-refractivity contribution is 0.254. The monoisotopic (exact) mass is 435 g/mol. The minimum absolute atomic E-state index is 0.357. The molecule has 0 spiro atoms. The zero-order valence-corrected chi connectivity index (χ0v) is 17.4. The van der Waals surface area contributed by atoms with Gasteiger partial charge in [0.15, 0.2) is 5.82 Å². The fourth-order valence-electron chi connectivity index (χ4n) is 3.65. The number of nitrogens with one attached hydrogen (secondary N) is 3. The summed E-state index contributed by atoms with van der Waals surface area (Å²) in [6.45, 7) is 0.184. The summed E-state index contributed by atoms with van der Waals surface area (Å²) in [5.74, 6) is 1.41. The van der Waals surface area contributed by atoms with E-state index in [2.05, 4.69) is 30.8 Å². The molecule has 0 radical (unpaired) electrons. The summed E-state index contributed by atoms with van der Waals surface area (Å²) in [7, 11) is 1.84. The summed E-state index contributed by atoms with van der Waals surface area (Å²) < 4.78 is 20.6. The van der Waals surface area contributed by atoms with Gasteiger partial charge < -0.3 is 10.1 Å². The molecule has 164 valence electrons. The highest BCUT2D eigenvalue weighted by Gasteiger charge is 2.46. The van der Waals surface area contributed by atoms with Crippen LogP contribution >= 0.6 is 0 Å². The smallest absolute Gasteiger partial charge is 0.331 e. The van der Waals surface area contributed by atoms with E-state index in [1.807, 2.05) is 19.2 Å². The van der Waals surface area contributed by atoms with E-state index in [0.717, 1.165) is 29.6 Å². The zero-order valence-electron chi connectivity index (χ0n) is 17.4. The third-order valence-corrected chi connectivity index (χ3v) is 5.65. The number of aromatic amines is 1. The first-order valence-electron chi connectivity index (χ1n) is 10.3. The van der Waals surface area contributed by atoms with E-state index in [-0.39, 0.29) is 6.03 Å². The van der Waals surface area contributed by atoms with Crippen molar-refractivity contribution < 1.29 is 13.9 Å². The van der Waals surface area contributed by atoms with Crippen molar-refractivity contribution >= 4 is 22.8 Å². The Morgan fingerprint density at radius 2 is 2.12 bits per heavy atom. The van der Waals surface area contributed by atoms with Crippen LogP contribution in [0.2, 0.25) is 0 Å². The Morgan fingerprint density at radius 3 is 2.91 bits per heavy atom. The average molecular weight is 435 g/mol. The van der Waals surface area contributed by atoms with Crippen LogP contribution in [-0.4, -0.2) is 44.5 Å². The van der Waals surface area contributed by atoms with Gasteiger partial charge in [-0.3, -0.25) is 19.4 Å². The van der Waals surface area contributed by atoms with Gasteiger partial charge in [0, 0.05) is 41.4 Å². The molecule has 3 heterocycles. The van der Waals surface area contributed by atoms with Crippen LogP contribution in [0, 0.1) is 0 Å². The van der Waals surface area contributed by atoms with Crippen molar-refractivity contribution in [1.29, 1.82) is 0 Å². The standard InChI is InChI=1S/C22H22FN7O2/c1-24-11-15-9-20(26-13-25-15)32-16-2-3-17-14(8-16)4-7-30(17)21(31)27-19-10-18(28-29-19)22(12-23)5-6-22/h2-4,7-10,13,24H,5-6,11-12H2,1H3,(H2,27,28,29,31). The number of halogens is 1. The lowest BCUT2D eigenvalue weighted by Crippen LogP contribution is -2.18. The lowest BCUT2D eigenvalue weighted by atomic mass is 10.1. The molecule has 1 aromatic carbocycles. The van der Waals surface area contributed by atoms with Gasteiger partial charge >= 0.3 is 6.03 Å². The number of benzene rings is 1. The van der Waals surface area contributed by atoms with E-state index in [1.54, 1.807) is 30.5 Å². The molecule has 5 rings (SSSR count). The largest absolute Gasteiger partial charge is 0.439 e. The molecule has 0 saturated heterocycles. The van der Waals surface area contributed by atoms with Gasteiger partial charge in [-0.1, -0.05) is 0 Å². The van der Waals surface area contributed by atoms with Crippen LogP contribution in [0.5, 0.6) is 11.6 Å². The predicted octanol–water partition coefficient (Wildman–Crippen LogP) is 3.75. The van der Waals surface area contributed by atoms with Gasteiger partial charge in [0.25, 0.3) is 0 Å². The number of fused-ring (bicyclic) bond motifs is 1. The van der Waals surface area contributed by atoms with E-state index < -0.39 is 12.1 Å². The molecule has 3 N–H and O–H groups in total. The molecule has 9 nitrogen and oxygen atoms in total. The molecule has 1 amide bonds. The van der Waals surface area contributed by atoms with Crippen molar-refractivity contribution in [3.8, 4) is 11.6 Å². The first-order chi connectivity index (χ1) is 15.6. The number of anilines is 1. The third-order valence-electron chi connectivity index (χ3n) is 5.65. The Kier molecular flexibility index (Phi) is 5.06. The number of hydrogen-bond donors (Lipinski definition) is 3. The van der Waals surface area contributed by atoms with Gasteiger partial charge in [-0.15, -0.1) is 0 Å². The number of hydrogen-bond acceptors (Lipinski definition) is 6. The van der Waals surface area contributed by atoms with Crippen LogP contribution in [0.15, 0.2) is 48.9 Å². The number of rotatable bonds is 7. The van der Waals surface area contributed by atoms with Crippen molar-refractivity contribution in [2.24, 2.45) is 0 Å². The minimum atomic E-state index is -0.454. The van der Waals surface area contributed by atoms with Crippen LogP contribution < -0.4 is 15.4 Å². The van der Waals surface area contributed by atoms with Gasteiger partial charge in [-0.25, -0.2) is 14.8 Å². The second-order valence-electron chi connectivity index (χ2n) is 7.90. The first kappa shape index (κ1) is 20.1. The Morgan fingerprint density at radius 1 is 1.25 bits per heavy atom. The van der Waals surface area contributed by atoms with Gasteiger partial charge in [0.1, 0.15) is 18.8 Å². The predicted molar refractivity (Wildman–Crippen MR) is 117 cm³/mol. The van der Waals surface area contributed by atoms with Gasteiger partial charge in [0.05, 0.1) is 11.2 Å². The molecular weight excluding hydrogens is 413 g/mol. The maximum Gasteiger partial charge on any atom is 0.331 e. The van der Waals surface area contributed by atoms with E-state index in [0.29, 0.717) is 29.5 Å². The van der Waals surface area contributed by atoms with Crippen molar-refractivity contribution in [3.05, 3.63) is 60.3 Å². The number of H-pyrrole nitrogens is 1. The van der Waals surface area contributed by atoms with Crippen LogP contribution in [0.3, 0.4) is 0 Å². The number of aromatic nitrogens is 5. The van der Waals surface area contributed by atoms with Crippen LogP contribution in [0.1, 0.15) is 24.2 Å². The van der Waals surface area contributed by atoms with Gasteiger partial charge in [-0.2, -0.15) is 5.10 Å². The highest BCUT2D eigenvalue weighted by molar-refractivity contribution is 5.98. The molecule has 0 aliphatic heterocycles. The summed E-state index contributed by atoms with van der Waals surface area (Å²) in [6, 6.07) is 10.4. The normalized spacial score (nSPS) is 14.4. The summed E-state index contributed by atoms with van der Waals surface area (Å²) >= 11 is 0. The highest BCUT2D eigenvalue weighted by atomic mass is 19.1. The summed E-state index contributed by atoms with van der Waals surface area (Å²) in [5, 5.41) is 13.6. The maximum atomic E-state index is 13.3. The molecule has 1 fully saturated rings. The molecule has 1 aliphatic carbocycles. The van der Waals surface area contributed by atoms with E-state index in [1.165, 1.54) is 10.9 Å². The topological polar surface area (TPSA) is 110 Å². The molecular formula is C22H22FN7O2. The van der Waals surface area contributed by atoms with Crippen LogP contribution in [-0.2, 0) is 12.0 Å². The molecule has 0 unspecified atom stereocenters. The second kappa shape index (κ2) is 8.04. The fourth-order valence-corrected chi connectivity index (χ4v) is 3.65. The minimum Gasteiger partial charge on any atom is -0.439 e. The number of alkyl halides is 1. The molecule has 32 heavy (non-hydrogen) atoms. The van der Waals surface area contributed by atoms with Crippen molar-refractivity contribution in [2.75, 3.05) is 19.0 Å². The molecule has 4 aromatic rings. The lowest BCUT2D eigenvalue weighted by Gasteiger charge is -2.08. The highest BCUT2D eigenvalue weighted by Crippen LogP contribution is 2.48. The van der Waals surface area contributed by atoms with Gasteiger partial charge in [0.2, 0.25) is 5.88 Å². The van der Waals surface area contributed by atoms with Crippen LogP contribution in [0.4, 0.5) is 15.0 Å². The third kappa shape index (κ3) is 3.80. The molecule has 10 heteroatoms. The zero-order chi connectivity index (χ0) is 22.1.